The maximum atomic E-state index is 14.0. The number of benzene rings is 4. The average Bonchev–Trinajstić information content (AvgIpc) is 2.81. The van der Waals surface area contributed by atoms with Gasteiger partial charge in [-0.3, -0.25) is 0 Å². The zero-order valence-corrected chi connectivity index (χ0v) is 18.6. The van der Waals surface area contributed by atoms with Gasteiger partial charge in [-0.05, 0) is 34.7 Å². The molecule has 30 heavy (non-hydrogen) atoms. The van der Waals surface area contributed by atoms with Crippen LogP contribution >= 0.6 is 8.07 Å². The highest BCUT2D eigenvalue weighted by Crippen LogP contribution is 2.42. The van der Waals surface area contributed by atoms with Gasteiger partial charge in [0, 0.05) is 14.6 Å². The first-order valence-corrected chi connectivity index (χ1v) is 12.3. The van der Waals surface area contributed by atoms with Crippen LogP contribution in [0.5, 0.6) is 0 Å². The van der Waals surface area contributed by atoms with Crippen molar-refractivity contribution in [1.29, 1.82) is 0 Å². The predicted molar refractivity (Wildman–Crippen MR) is 129 cm³/mol. The highest BCUT2D eigenvalue weighted by Gasteiger charge is 2.28. The summed E-state index contributed by atoms with van der Waals surface area (Å²) in [4.78, 5) is 0.868. The molecule has 0 heterocycles. The molecule has 0 aliphatic heterocycles. The molecule has 0 N–H and O–H groups in total. The Balaban J connectivity index is 1.85. The van der Waals surface area contributed by atoms with Gasteiger partial charge in [-0.25, -0.2) is 4.21 Å². The minimum atomic E-state index is -1.30. The van der Waals surface area contributed by atoms with Gasteiger partial charge >= 0.3 is 0 Å². The third-order valence-electron chi connectivity index (χ3n) is 4.86. The topological polar surface area (TPSA) is 20.3 Å². The molecule has 0 aliphatic rings. The summed E-state index contributed by atoms with van der Waals surface area (Å²) in [5.74, 6) is 0. The Morgan fingerprint density at radius 2 is 1.13 bits per heavy atom. The highest BCUT2D eigenvalue weighted by atomic mass is 32.2. The van der Waals surface area contributed by atoms with E-state index in [0.29, 0.717) is 6.54 Å². The van der Waals surface area contributed by atoms with Crippen LogP contribution in [0, 0.1) is 6.92 Å². The van der Waals surface area contributed by atoms with Crippen LogP contribution in [0.15, 0.2) is 120 Å². The molecule has 0 saturated heterocycles. The third kappa shape index (κ3) is 4.76. The molecule has 1 atom stereocenters. The van der Waals surface area contributed by atoms with Gasteiger partial charge in [0.05, 0.1) is 4.90 Å². The van der Waals surface area contributed by atoms with Gasteiger partial charge in [0.2, 0.25) is 0 Å². The first kappa shape index (κ1) is 20.7. The fourth-order valence-electron chi connectivity index (χ4n) is 3.35. The Hall–Kier alpha value is -2.58. The van der Waals surface area contributed by atoms with Crippen LogP contribution in [-0.4, -0.2) is 8.28 Å². The molecule has 0 unspecified atom stereocenters. The van der Waals surface area contributed by atoms with E-state index in [1.807, 2.05) is 61.5 Å². The van der Waals surface area contributed by atoms with E-state index in [-0.39, 0.29) is 0 Å². The molecule has 4 heteroatoms. The minimum Gasteiger partial charge on any atom is -0.237 e. The summed E-state index contributed by atoms with van der Waals surface area (Å²) in [5.41, 5.74) is 2.20. The van der Waals surface area contributed by atoms with E-state index in [9.17, 15) is 4.21 Å². The normalized spacial score (nSPS) is 12.2. The van der Waals surface area contributed by atoms with Crippen molar-refractivity contribution in [3.63, 3.8) is 0 Å². The molecule has 4 aromatic rings. The predicted octanol–water partition coefficient (Wildman–Crippen LogP) is 5.57. The first-order valence-electron chi connectivity index (χ1n) is 9.93. The van der Waals surface area contributed by atoms with E-state index < -0.39 is 19.1 Å². The summed E-state index contributed by atoms with van der Waals surface area (Å²) in [7, 11) is -2.28. The number of hydrogen-bond donors (Lipinski definition) is 0. The average molecular weight is 430 g/mol. The van der Waals surface area contributed by atoms with E-state index in [0.717, 1.165) is 16.0 Å². The van der Waals surface area contributed by atoms with Crippen molar-refractivity contribution in [2.24, 2.45) is 0 Å². The Labute approximate surface area is 182 Å². The molecule has 0 amide bonds. The van der Waals surface area contributed by atoms with Gasteiger partial charge in [0.1, 0.15) is 11.0 Å². The third-order valence-corrected chi connectivity index (χ3v) is 9.30. The smallest absolute Gasteiger partial charge is 0.132 e. The van der Waals surface area contributed by atoms with Crippen LogP contribution in [0.4, 0.5) is 0 Å². The number of nitrogens with zero attached hydrogens (tertiary/aromatic N) is 1. The van der Waals surface area contributed by atoms with Crippen LogP contribution in [0.3, 0.4) is 0 Å². The first-order chi connectivity index (χ1) is 14.7. The molecule has 0 bridgehead atoms. The van der Waals surface area contributed by atoms with Gasteiger partial charge in [-0.2, -0.15) is 4.08 Å². The van der Waals surface area contributed by atoms with Crippen molar-refractivity contribution in [1.82, 2.24) is 4.08 Å². The lowest BCUT2D eigenvalue weighted by molar-refractivity contribution is 0.621. The fraction of sp³-hybridized carbons (Fsp3) is 0.0769. The molecule has 0 aliphatic carbocycles. The number of hydrogen-bond acceptors (Lipinski definition) is 1. The van der Waals surface area contributed by atoms with E-state index in [1.54, 1.807) is 0 Å². The van der Waals surface area contributed by atoms with Crippen molar-refractivity contribution in [2.45, 2.75) is 18.4 Å². The molecule has 4 aromatic carbocycles. The maximum absolute atomic E-state index is 14.0. The van der Waals surface area contributed by atoms with Crippen LogP contribution in [-0.2, 0) is 17.5 Å². The van der Waals surface area contributed by atoms with Crippen molar-refractivity contribution in [3.05, 3.63) is 126 Å². The molecular formula is C26H24NOPS. The van der Waals surface area contributed by atoms with E-state index >= 15 is 0 Å². The number of rotatable bonds is 7. The van der Waals surface area contributed by atoms with Gasteiger partial charge in [-0.15, -0.1) is 0 Å². The summed E-state index contributed by atoms with van der Waals surface area (Å²) >= 11 is 0. The molecule has 150 valence electrons. The zero-order chi connectivity index (χ0) is 20.8. The van der Waals surface area contributed by atoms with E-state index in [1.165, 1.54) is 10.6 Å². The fourth-order valence-corrected chi connectivity index (χ4v) is 7.84. The van der Waals surface area contributed by atoms with Crippen molar-refractivity contribution < 1.29 is 4.21 Å². The zero-order valence-electron chi connectivity index (χ0n) is 16.9. The summed E-state index contributed by atoms with van der Waals surface area (Å²) in [5, 5.41) is 2.38. The minimum absolute atomic E-state index is 0.608. The van der Waals surface area contributed by atoms with Gasteiger partial charge in [0.15, 0.2) is 0 Å². The summed E-state index contributed by atoms with van der Waals surface area (Å²) < 4.78 is 16.2. The Morgan fingerprint density at radius 1 is 0.667 bits per heavy atom. The molecule has 0 fully saturated rings. The van der Waals surface area contributed by atoms with Gasteiger partial charge < -0.3 is 0 Å². The lowest BCUT2D eigenvalue weighted by atomic mass is 10.2. The Kier molecular flexibility index (Phi) is 6.86. The van der Waals surface area contributed by atoms with E-state index in [2.05, 4.69) is 64.7 Å². The molecule has 0 aromatic heterocycles. The van der Waals surface area contributed by atoms with Crippen molar-refractivity contribution in [3.8, 4) is 0 Å². The second kappa shape index (κ2) is 9.95. The Bertz CT molecular complexity index is 1060. The van der Waals surface area contributed by atoms with Crippen molar-refractivity contribution in [2.75, 3.05) is 0 Å². The summed E-state index contributed by atoms with van der Waals surface area (Å²) in [6.45, 7) is 2.64. The molecule has 0 radical (unpaired) electrons. The van der Waals surface area contributed by atoms with Gasteiger partial charge in [0.25, 0.3) is 0 Å². The monoisotopic (exact) mass is 429 g/mol. The summed E-state index contributed by atoms with van der Waals surface area (Å²) in [6.07, 6.45) is 0. The molecule has 0 spiro atoms. The highest BCUT2D eigenvalue weighted by molar-refractivity contribution is 7.92. The Morgan fingerprint density at radius 3 is 1.67 bits per heavy atom. The summed E-state index contributed by atoms with van der Waals surface area (Å²) in [6, 6.07) is 39.2. The SMILES string of the molecule is Cc1ccccc1[S@](=O)N(Cc1ccccc1)P(c1ccccc1)c1ccccc1. The second-order valence-corrected chi connectivity index (χ2v) is 10.8. The standard InChI is InChI=1S/C26H24NOPS/c1-22-13-11-12-20-26(22)30(28)27(21-23-14-5-2-6-15-23)29(24-16-7-3-8-17-24)25-18-9-4-10-19-25/h2-20H,21H2,1H3/t30-/m0/s1. The lowest BCUT2D eigenvalue weighted by Crippen LogP contribution is -2.30. The van der Waals surface area contributed by atoms with E-state index in [4.69, 9.17) is 0 Å². The molecular weight excluding hydrogens is 405 g/mol. The van der Waals surface area contributed by atoms with Crippen molar-refractivity contribution >= 4 is 29.7 Å². The molecule has 2 nitrogen and oxygen atoms in total. The van der Waals surface area contributed by atoms with Crippen LogP contribution in [0.25, 0.3) is 0 Å². The quantitative estimate of drug-likeness (QED) is 0.352. The number of aryl methyl sites for hydroxylation is 1. The molecule has 4 rings (SSSR count). The largest absolute Gasteiger partial charge is 0.237 e. The van der Waals surface area contributed by atoms with Crippen LogP contribution in [0.2, 0.25) is 0 Å². The van der Waals surface area contributed by atoms with Crippen LogP contribution < -0.4 is 10.6 Å². The van der Waals surface area contributed by atoms with Gasteiger partial charge in [-0.1, -0.05) is 109 Å². The van der Waals surface area contributed by atoms with Crippen LogP contribution in [0.1, 0.15) is 11.1 Å². The second-order valence-electron chi connectivity index (χ2n) is 6.99. The maximum Gasteiger partial charge on any atom is 0.132 e. The molecule has 0 saturated carbocycles. The lowest BCUT2D eigenvalue weighted by Gasteiger charge is -2.31.